The summed E-state index contributed by atoms with van der Waals surface area (Å²) in [5.74, 6) is 2.13. The van der Waals surface area contributed by atoms with Gasteiger partial charge in [-0.2, -0.15) is 0 Å². The molecule has 0 aromatic heterocycles. The van der Waals surface area contributed by atoms with Crippen LogP contribution in [0.15, 0.2) is 24.3 Å². The van der Waals surface area contributed by atoms with Gasteiger partial charge in [-0.15, -0.1) is 6.42 Å². The molecule has 1 atom stereocenters. The number of likely N-dealkylation sites (N-methyl/N-ethyl adjacent to an activating group) is 1. The van der Waals surface area contributed by atoms with Crippen LogP contribution in [0, 0.1) is 18.2 Å². The minimum absolute atomic E-state index is 0.0189. The Morgan fingerprint density at radius 3 is 2.63 bits per heavy atom. The van der Waals surface area contributed by atoms with Crippen LogP contribution in [0.1, 0.15) is 25.5 Å². The molecule has 0 aliphatic carbocycles. The second-order valence-electron chi connectivity index (χ2n) is 4.21. The van der Waals surface area contributed by atoms with Gasteiger partial charge in [0.25, 0.3) is 0 Å². The maximum absolute atomic E-state index is 12.9. The summed E-state index contributed by atoms with van der Waals surface area (Å²) in [5.41, 5.74) is 0.911. The average molecular weight is 262 g/mol. The van der Waals surface area contributed by atoms with Crippen LogP contribution in [-0.2, 0) is 4.79 Å². The molecule has 19 heavy (non-hydrogen) atoms. The Morgan fingerprint density at radius 2 is 2.11 bits per heavy atom. The molecule has 102 valence electrons. The lowest BCUT2D eigenvalue weighted by atomic mass is 10.1. The molecule has 0 saturated heterocycles. The van der Waals surface area contributed by atoms with Crippen LogP contribution in [0.5, 0.6) is 0 Å². The van der Waals surface area contributed by atoms with Crippen molar-refractivity contribution in [2.45, 2.75) is 19.9 Å². The third-order valence-electron chi connectivity index (χ3n) is 2.98. The highest BCUT2D eigenvalue weighted by Gasteiger charge is 2.19. The van der Waals surface area contributed by atoms with Crippen LogP contribution in [0.4, 0.5) is 4.39 Å². The number of nitrogens with zero attached hydrogens (tertiary/aromatic N) is 1. The van der Waals surface area contributed by atoms with Gasteiger partial charge in [0.05, 0.1) is 19.1 Å². The fourth-order valence-electron chi connectivity index (χ4n) is 1.93. The van der Waals surface area contributed by atoms with E-state index in [1.807, 2.05) is 13.8 Å². The van der Waals surface area contributed by atoms with Crippen molar-refractivity contribution in [3.05, 3.63) is 35.6 Å². The number of carbonyl (C=O) groups is 1. The summed E-state index contributed by atoms with van der Waals surface area (Å²) in [6.07, 6.45) is 5.12. The molecule has 1 amide bonds. The molecule has 0 bridgehead atoms. The highest BCUT2D eigenvalue weighted by Crippen LogP contribution is 2.20. The molecule has 0 aliphatic heterocycles. The molecule has 1 aromatic rings. The van der Waals surface area contributed by atoms with Crippen molar-refractivity contribution in [2.24, 2.45) is 0 Å². The zero-order valence-electron chi connectivity index (χ0n) is 11.3. The van der Waals surface area contributed by atoms with E-state index in [9.17, 15) is 9.18 Å². The molecule has 1 rings (SSSR count). The molecule has 0 heterocycles. The normalized spacial score (nSPS) is 11.7. The van der Waals surface area contributed by atoms with Gasteiger partial charge in [0.2, 0.25) is 5.91 Å². The van der Waals surface area contributed by atoms with Crippen molar-refractivity contribution in [3.63, 3.8) is 0 Å². The van der Waals surface area contributed by atoms with Gasteiger partial charge in [-0.3, -0.25) is 10.1 Å². The van der Waals surface area contributed by atoms with E-state index in [2.05, 4.69) is 11.2 Å². The van der Waals surface area contributed by atoms with E-state index >= 15 is 0 Å². The van der Waals surface area contributed by atoms with Crippen molar-refractivity contribution in [1.82, 2.24) is 10.2 Å². The molecular weight excluding hydrogens is 243 g/mol. The van der Waals surface area contributed by atoms with E-state index in [1.54, 1.807) is 17.0 Å². The number of benzene rings is 1. The fraction of sp³-hybridized carbons (Fsp3) is 0.400. The zero-order valence-corrected chi connectivity index (χ0v) is 11.3. The summed E-state index contributed by atoms with van der Waals surface area (Å²) in [5, 5.41) is 2.88. The van der Waals surface area contributed by atoms with Gasteiger partial charge in [-0.1, -0.05) is 18.1 Å². The van der Waals surface area contributed by atoms with E-state index in [0.717, 1.165) is 5.56 Å². The van der Waals surface area contributed by atoms with Crippen LogP contribution in [-0.4, -0.2) is 30.4 Å². The number of rotatable bonds is 6. The Balaban J connectivity index is 2.70. The van der Waals surface area contributed by atoms with Gasteiger partial charge >= 0.3 is 0 Å². The summed E-state index contributed by atoms with van der Waals surface area (Å²) in [7, 11) is 0. The standard InChI is InChI=1S/C15H19FN2O/c1-4-10-17-11-15(19)18(5-2)12(3)13-6-8-14(16)9-7-13/h1,6-9,12,17H,5,10-11H2,2-3H3. The molecule has 3 nitrogen and oxygen atoms in total. The zero-order chi connectivity index (χ0) is 14.3. The Morgan fingerprint density at radius 1 is 1.47 bits per heavy atom. The maximum Gasteiger partial charge on any atom is 0.237 e. The van der Waals surface area contributed by atoms with Gasteiger partial charge in [-0.25, -0.2) is 4.39 Å². The predicted octanol–water partition coefficient (Wildman–Crippen LogP) is 1.96. The van der Waals surface area contributed by atoms with E-state index in [0.29, 0.717) is 13.1 Å². The molecule has 0 saturated carbocycles. The predicted molar refractivity (Wildman–Crippen MR) is 73.9 cm³/mol. The average Bonchev–Trinajstić information content (AvgIpc) is 2.40. The number of carbonyl (C=O) groups excluding carboxylic acids is 1. The highest BCUT2D eigenvalue weighted by atomic mass is 19.1. The van der Waals surface area contributed by atoms with Gasteiger partial charge in [0, 0.05) is 6.54 Å². The van der Waals surface area contributed by atoms with Crippen molar-refractivity contribution < 1.29 is 9.18 Å². The molecular formula is C15H19FN2O. The van der Waals surface area contributed by atoms with Gasteiger partial charge in [0.1, 0.15) is 5.82 Å². The van der Waals surface area contributed by atoms with E-state index in [4.69, 9.17) is 6.42 Å². The Hall–Kier alpha value is -1.86. The van der Waals surface area contributed by atoms with Gasteiger partial charge in [-0.05, 0) is 31.5 Å². The first-order chi connectivity index (χ1) is 9.10. The smallest absolute Gasteiger partial charge is 0.237 e. The molecule has 4 heteroatoms. The number of hydrogen-bond acceptors (Lipinski definition) is 2. The summed E-state index contributed by atoms with van der Waals surface area (Å²) >= 11 is 0. The number of halogens is 1. The molecule has 0 aliphatic rings. The molecule has 1 aromatic carbocycles. The highest BCUT2D eigenvalue weighted by molar-refractivity contribution is 5.78. The summed E-state index contributed by atoms with van der Waals surface area (Å²) in [4.78, 5) is 13.8. The Kier molecular flexibility index (Phi) is 6.04. The van der Waals surface area contributed by atoms with Crippen molar-refractivity contribution >= 4 is 5.91 Å². The number of hydrogen-bond donors (Lipinski definition) is 1. The molecule has 0 spiro atoms. The molecule has 0 radical (unpaired) electrons. The van der Waals surface area contributed by atoms with Gasteiger partial charge < -0.3 is 4.90 Å². The Bertz CT molecular complexity index is 450. The first-order valence-corrected chi connectivity index (χ1v) is 6.29. The topological polar surface area (TPSA) is 32.3 Å². The van der Waals surface area contributed by atoms with E-state index in [1.165, 1.54) is 12.1 Å². The Labute approximate surface area is 113 Å². The number of terminal acetylenes is 1. The second-order valence-corrected chi connectivity index (χ2v) is 4.21. The summed E-state index contributed by atoms with van der Waals surface area (Å²) in [6, 6.07) is 6.11. The van der Waals surface area contributed by atoms with Crippen LogP contribution in [0.25, 0.3) is 0 Å². The SMILES string of the molecule is C#CCNCC(=O)N(CC)C(C)c1ccc(F)cc1. The maximum atomic E-state index is 12.9. The summed E-state index contributed by atoms with van der Waals surface area (Å²) in [6.45, 7) is 5.02. The van der Waals surface area contributed by atoms with Crippen molar-refractivity contribution in [1.29, 1.82) is 0 Å². The van der Waals surface area contributed by atoms with Crippen molar-refractivity contribution in [3.8, 4) is 12.3 Å². The minimum atomic E-state index is -0.277. The van der Waals surface area contributed by atoms with Crippen LogP contribution >= 0.6 is 0 Å². The lowest BCUT2D eigenvalue weighted by Gasteiger charge is -2.28. The van der Waals surface area contributed by atoms with Crippen molar-refractivity contribution in [2.75, 3.05) is 19.6 Å². The lowest BCUT2D eigenvalue weighted by molar-refractivity contribution is -0.132. The monoisotopic (exact) mass is 262 g/mol. The molecule has 0 fully saturated rings. The largest absolute Gasteiger partial charge is 0.335 e. The van der Waals surface area contributed by atoms with Crippen LogP contribution in [0.3, 0.4) is 0 Å². The first-order valence-electron chi connectivity index (χ1n) is 6.29. The quantitative estimate of drug-likeness (QED) is 0.628. The second kappa shape index (κ2) is 7.55. The molecule has 1 N–H and O–H groups in total. The fourth-order valence-corrected chi connectivity index (χ4v) is 1.93. The third kappa shape index (κ3) is 4.38. The van der Waals surface area contributed by atoms with Gasteiger partial charge in [0.15, 0.2) is 0 Å². The lowest BCUT2D eigenvalue weighted by Crippen LogP contribution is -2.39. The minimum Gasteiger partial charge on any atom is -0.335 e. The van der Waals surface area contributed by atoms with Crippen LogP contribution in [0.2, 0.25) is 0 Å². The summed E-state index contributed by atoms with van der Waals surface area (Å²) < 4.78 is 12.9. The van der Waals surface area contributed by atoms with E-state index in [-0.39, 0.29) is 24.3 Å². The number of amides is 1. The van der Waals surface area contributed by atoms with Crippen LogP contribution < -0.4 is 5.32 Å². The third-order valence-corrected chi connectivity index (χ3v) is 2.98. The first kappa shape index (κ1) is 15.2. The van der Waals surface area contributed by atoms with E-state index < -0.39 is 0 Å². The molecule has 1 unspecified atom stereocenters. The number of nitrogens with one attached hydrogen (secondary N) is 1.